The van der Waals surface area contributed by atoms with Crippen molar-refractivity contribution in [3.63, 3.8) is 0 Å². The highest BCUT2D eigenvalue weighted by atomic mass is 32.1. The van der Waals surface area contributed by atoms with Gasteiger partial charge in [0, 0.05) is 0 Å². The van der Waals surface area contributed by atoms with Gasteiger partial charge in [0.25, 0.3) is 0 Å². The van der Waals surface area contributed by atoms with Crippen molar-refractivity contribution in [2.75, 3.05) is 5.75 Å². The lowest BCUT2D eigenvalue weighted by Crippen LogP contribution is -1.84. The molecular formula is C27H58S2. The van der Waals surface area contributed by atoms with E-state index in [0.29, 0.717) is 0 Å². The molecule has 0 aliphatic heterocycles. The van der Waals surface area contributed by atoms with Crippen molar-refractivity contribution < 1.29 is 0 Å². The molecule has 0 heterocycles. The molecule has 0 aliphatic carbocycles. The van der Waals surface area contributed by atoms with Crippen LogP contribution in [0, 0.1) is 0 Å². The van der Waals surface area contributed by atoms with Crippen LogP contribution in [0.3, 0.4) is 0 Å². The zero-order valence-corrected chi connectivity index (χ0v) is 22.2. The first-order valence-electron chi connectivity index (χ1n) is 13.5. The normalized spacial score (nSPS) is 11.0. The molecule has 0 fully saturated rings. The summed E-state index contributed by atoms with van der Waals surface area (Å²) in [4.78, 5) is 0. The number of rotatable bonds is 25. The molecule has 0 aromatic heterocycles. The van der Waals surface area contributed by atoms with Crippen LogP contribution in [0.15, 0.2) is 0 Å². The number of unbranched alkanes of at least 4 members (excludes halogenated alkanes) is 24. The SMILES string of the molecule is CCCCCCCCCCCCCCCCCCCCCCCCCCCS.S. The molecule has 0 saturated heterocycles. The molecule has 0 bridgehead atoms. The Morgan fingerprint density at radius 3 is 0.655 bits per heavy atom. The first-order chi connectivity index (χ1) is 13.9. The van der Waals surface area contributed by atoms with E-state index in [4.69, 9.17) is 0 Å². The van der Waals surface area contributed by atoms with Gasteiger partial charge in [0.2, 0.25) is 0 Å². The van der Waals surface area contributed by atoms with Gasteiger partial charge >= 0.3 is 0 Å². The maximum absolute atomic E-state index is 4.27. The Labute approximate surface area is 199 Å². The molecular weight excluding hydrogens is 388 g/mol. The summed E-state index contributed by atoms with van der Waals surface area (Å²) in [7, 11) is 0. The van der Waals surface area contributed by atoms with Crippen LogP contribution in [-0.4, -0.2) is 5.75 Å². The molecule has 0 aliphatic rings. The molecule has 0 rings (SSSR count). The molecule has 0 unspecified atom stereocenters. The summed E-state index contributed by atoms with van der Waals surface area (Å²) in [5, 5.41) is 0. The van der Waals surface area contributed by atoms with E-state index < -0.39 is 0 Å². The van der Waals surface area contributed by atoms with Crippen LogP contribution < -0.4 is 0 Å². The second-order valence-corrected chi connectivity index (χ2v) is 9.66. The van der Waals surface area contributed by atoms with Crippen molar-refractivity contribution in [2.24, 2.45) is 0 Å². The van der Waals surface area contributed by atoms with E-state index in [1.165, 1.54) is 161 Å². The highest BCUT2D eigenvalue weighted by molar-refractivity contribution is 7.80. The molecule has 0 aromatic rings. The van der Waals surface area contributed by atoms with Crippen LogP contribution in [0.5, 0.6) is 0 Å². The molecule has 29 heavy (non-hydrogen) atoms. The van der Waals surface area contributed by atoms with Crippen LogP contribution in [0.2, 0.25) is 0 Å². The van der Waals surface area contributed by atoms with Crippen molar-refractivity contribution in [2.45, 2.75) is 167 Å². The predicted octanol–water partition coefficient (Wildman–Crippen LogP) is 10.8. The standard InChI is InChI=1S/C27H56S.H2S/c1-2-3-4-5-6-7-8-9-10-11-12-13-14-15-16-17-18-19-20-21-22-23-24-25-26-27-28;/h28H,2-27H2,1H3;1H2. The van der Waals surface area contributed by atoms with Crippen LogP contribution in [0.25, 0.3) is 0 Å². The van der Waals surface area contributed by atoms with Gasteiger partial charge in [0.1, 0.15) is 0 Å². The fraction of sp³-hybridized carbons (Fsp3) is 1.00. The van der Waals surface area contributed by atoms with Gasteiger partial charge in [-0.1, -0.05) is 161 Å². The van der Waals surface area contributed by atoms with Crippen molar-refractivity contribution in [1.82, 2.24) is 0 Å². The second kappa shape index (κ2) is 30.9. The first-order valence-corrected chi connectivity index (χ1v) is 14.2. The Bertz CT molecular complexity index is 229. The highest BCUT2D eigenvalue weighted by Gasteiger charge is 1.96. The summed E-state index contributed by atoms with van der Waals surface area (Å²) in [5.41, 5.74) is 0. The average molecular weight is 447 g/mol. The fourth-order valence-corrected chi connectivity index (χ4v) is 4.47. The van der Waals surface area contributed by atoms with Gasteiger partial charge in [0.15, 0.2) is 0 Å². The monoisotopic (exact) mass is 446 g/mol. The Kier molecular flexibility index (Phi) is 34.0. The Hall–Kier alpha value is 0.700. The summed E-state index contributed by atoms with van der Waals surface area (Å²) in [6, 6.07) is 0. The summed E-state index contributed by atoms with van der Waals surface area (Å²) in [6.45, 7) is 2.30. The lowest BCUT2D eigenvalue weighted by molar-refractivity contribution is 0.517. The van der Waals surface area contributed by atoms with Gasteiger partial charge in [0.05, 0.1) is 0 Å². The number of thiol groups is 1. The zero-order chi connectivity index (χ0) is 20.4. The number of hydrogen-bond acceptors (Lipinski definition) is 1. The third-order valence-corrected chi connectivity index (χ3v) is 6.58. The average Bonchev–Trinajstić information content (AvgIpc) is 2.71. The van der Waals surface area contributed by atoms with Crippen molar-refractivity contribution in [3.05, 3.63) is 0 Å². The minimum absolute atomic E-state index is 0. The summed E-state index contributed by atoms with van der Waals surface area (Å²) >= 11 is 4.27. The van der Waals surface area contributed by atoms with E-state index in [1.54, 1.807) is 0 Å². The maximum Gasteiger partial charge on any atom is -0.00979 e. The van der Waals surface area contributed by atoms with Gasteiger partial charge in [-0.2, -0.15) is 26.1 Å². The van der Waals surface area contributed by atoms with E-state index in [-0.39, 0.29) is 13.5 Å². The molecule has 0 N–H and O–H groups in total. The Balaban J connectivity index is 0. The largest absolute Gasteiger partial charge is 0.197 e. The number of hydrogen-bond donors (Lipinski definition) is 1. The second-order valence-electron chi connectivity index (χ2n) is 9.21. The van der Waals surface area contributed by atoms with Gasteiger partial charge in [-0.05, 0) is 12.2 Å². The lowest BCUT2D eigenvalue weighted by atomic mass is 10.0. The topological polar surface area (TPSA) is 0 Å². The van der Waals surface area contributed by atoms with Crippen LogP contribution >= 0.6 is 26.1 Å². The molecule has 2 heteroatoms. The molecule has 0 atom stereocenters. The molecule has 0 saturated carbocycles. The smallest absolute Gasteiger partial charge is 0.00979 e. The highest BCUT2D eigenvalue weighted by Crippen LogP contribution is 2.15. The molecule has 0 amide bonds. The van der Waals surface area contributed by atoms with E-state index in [0.717, 1.165) is 5.75 Å². The quantitative estimate of drug-likeness (QED) is 0.105. The molecule has 0 aromatic carbocycles. The Morgan fingerprint density at radius 2 is 0.483 bits per heavy atom. The maximum atomic E-state index is 4.27. The summed E-state index contributed by atoms with van der Waals surface area (Å²) < 4.78 is 0. The van der Waals surface area contributed by atoms with Crippen LogP contribution in [0.1, 0.15) is 167 Å². The molecule has 0 radical (unpaired) electrons. The van der Waals surface area contributed by atoms with E-state index in [1.807, 2.05) is 0 Å². The van der Waals surface area contributed by atoms with Crippen molar-refractivity contribution >= 4 is 26.1 Å². The van der Waals surface area contributed by atoms with Crippen molar-refractivity contribution in [3.8, 4) is 0 Å². The summed E-state index contributed by atoms with van der Waals surface area (Å²) in [6.07, 6.45) is 36.6. The first kappa shape index (κ1) is 31.9. The Morgan fingerprint density at radius 1 is 0.310 bits per heavy atom. The summed E-state index contributed by atoms with van der Waals surface area (Å²) in [5.74, 6) is 1.07. The van der Waals surface area contributed by atoms with Gasteiger partial charge in [-0.3, -0.25) is 0 Å². The molecule has 0 spiro atoms. The third-order valence-electron chi connectivity index (χ3n) is 6.26. The van der Waals surface area contributed by atoms with E-state index >= 15 is 0 Å². The predicted molar refractivity (Wildman–Crippen MR) is 145 cm³/mol. The minimum atomic E-state index is 0. The zero-order valence-electron chi connectivity index (χ0n) is 20.3. The van der Waals surface area contributed by atoms with Gasteiger partial charge in [-0.25, -0.2) is 0 Å². The lowest BCUT2D eigenvalue weighted by Gasteiger charge is -2.04. The molecule has 0 nitrogen and oxygen atoms in total. The molecule has 178 valence electrons. The van der Waals surface area contributed by atoms with E-state index in [9.17, 15) is 0 Å². The van der Waals surface area contributed by atoms with Crippen molar-refractivity contribution in [1.29, 1.82) is 0 Å². The van der Waals surface area contributed by atoms with E-state index in [2.05, 4.69) is 19.6 Å². The minimum Gasteiger partial charge on any atom is -0.197 e. The fourth-order valence-electron chi connectivity index (χ4n) is 4.25. The third kappa shape index (κ3) is 31.0. The van der Waals surface area contributed by atoms with Crippen LogP contribution in [-0.2, 0) is 0 Å². The van der Waals surface area contributed by atoms with Gasteiger partial charge < -0.3 is 0 Å². The van der Waals surface area contributed by atoms with Gasteiger partial charge in [-0.15, -0.1) is 0 Å². The van der Waals surface area contributed by atoms with Crippen LogP contribution in [0.4, 0.5) is 0 Å².